The second-order valence-corrected chi connectivity index (χ2v) is 5.70. The third-order valence-corrected chi connectivity index (χ3v) is 3.88. The molecule has 4 heteroatoms. The first-order valence-electron chi connectivity index (χ1n) is 7.22. The third-order valence-electron chi connectivity index (χ3n) is 3.88. The minimum atomic E-state index is -0.275. The van der Waals surface area contributed by atoms with E-state index in [9.17, 15) is 5.11 Å². The average Bonchev–Trinajstić information content (AvgIpc) is 2.42. The fourth-order valence-corrected chi connectivity index (χ4v) is 2.83. The number of aliphatic hydroxyl groups is 1. The first kappa shape index (κ1) is 15.0. The van der Waals surface area contributed by atoms with Crippen LogP contribution >= 0.6 is 0 Å². The van der Waals surface area contributed by atoms with Crippen molar-refractivity contribution in [1.82, 2.24) is 9.80 Å². The summed E-state index contributed by atoms with van der Waals surface area (Å²) >= 11 is 0. The lowest BCUT2D eigenvalue weighted by Crippen LogP contribution is -2.53. The van der Waals surface area contributed by atoms with Gasteiger partial charge in [0.1, 0.15) is 0 Å². The maximum Gasteiger partial charge on any atom is 0.0995 e. The Labute approximate surface area is 121 Å². The minimum Gasteiger partial charge on any atom is -0.392 e. The number of nitriles is 1. The van der Waals surface area contributed by atoms with Crippen molar-refractivity contribution >= 4 is 0 Å². The lowest BCUT2D eigenvalue weighted by atomic mass is 10.1. The Kier molecular flexibility index (Phi) is 5.13. The first-order valence-corrected chi connectivity index (χ1v) is 7.22. The Hall–Kier alpha value is -1.41. The molecule has 2 atom stereocenters. The molecule has 1 saturated heterocycles. The number of aliphatic hydroxyl groups excluding tert-OH is 1. The second kappa shape index (κ2) is 6.85. The van der Waals surface area contributed by atoms with Crippen molar-refractivity contribution in [2.24, 2.45) is 0 Å². The van der Waals surface area contributed by atoms with E-state index < -0.39 is 0 Å². The van der Waals surface area contributed by atoms with Crippen LogP contribution in [0.5, 0.6) is 0 Å². The molecule has 0 aliphatic carbocycles. The van der Waals surface area contributed by atoms with E-state index in [1.807, 2.05) is 31.2 Å². The normalized spacial score (nSPS) is 22.4. The van der Waals surface area contributed by atoms with E-state index in [0.29, 0.717) is 6.04 Å². The van der Waals surface area contributed by atoms with Crippen LogP contribution in [0.3, 0.4) is 0 Å². The summed E-state index contributed by atoms with van der Waals surface area (Å²) in [5, 5.41) is 18.6. The van der Waals surface area contributed by atoms with E-state index in [2.05, 4.69) is 22.8 Å². The number of rotatable bonds is 4. The predicted octanol–water partition coefficient (Wildman–Crippen LogP) is 1.45. The highest BCUT2D eigenvalue weighted by molar-refractivity contribution is 5.37. The van der Waals surface area contributed by atoms with Gasteiger partial charge in [0.15, 0.2) is 0 Å². The number of hydrogen-bond acceptors (Lipinski definition) is 4. The van der Waals surface area contributed by atoms with E-state index in [1.165, 1.54) is 0 Å². The summed E-state index contributed by atoms with van der Waals surface area (Å²) in [5.74, 6) is 0. The van der Waals surface area contributed by atoms with E-state index >= 15 is 0 Å². The fraction of sp³-hybridized carbons (Fsp3) is 0.562. The smallest absolute Gasteiger partial charge is 0.0995 e. The highest BCUT2D eigenvalue weighted by Gasteiger charge is 2.24. The lowest BCUT2D eigenvalue weighted by molar-refractivity contribution is 0.0423. The Balaban J connectivity index is 1.95. The molecule has 1 aliphatic heterocycles. The number of benzene rings is 1. The molecule has 1 fully saturated rings. The van der Waals surface area contributed by atoms with Gasteiger partial charge in [0.05, 0.1) is 17.7 Å². The molecule has 20 heavy (non-hydrogen) atoms. The van der Waals surface area contributed by atoms with Gasteiger partial charge in [-0.3, -0.25) is 9.80 Å². The maximum absolute atomic E-state index is 9.50. The Morgan fingerprint density at radius 3 is 2.80 bits per heavy atom. The topological polar surface area (TPSA) is 50.5 Å². The van der Waals surface area contributed by atoms with Gasteiger partial charge in [-0.05, 0) is 25.5 Å². The zero-order chi connectivity index (χ0) is 14.5. The molecule has 1 N–H and O–H groups in total. The molecule has 0 bridgehead atoms. The van der Waals surface area contributed by atoms with Gasteiger partial charge in [-0.25, -0.2) is 0 Å². The van der Waals surface area contributed by atoms with Crippen LogP contribution in [0.25, 0.3) is 0 Å². The quantitative estimate of drug-likeness (QED) is 0.902. The number of piperazine rings is 1. The Morgan fingerprint density at radius 1 is 1.40 bits per heavy atom. The van der Waals surface area contributed by atoms with Crippen LogP contribution in [0.2, 0.25) is 0 Å². The summed E-state index contributed by atoms with van der Waals surface area (Å²) in [6, 6.07) is 10.5. The molecular formula is C16H23N3O. The molecule has 0 aromatic heterocycles. The van der Waals surface area contributed by atoms with Crippen molar-refractivity contribution in [1.29, 1.82) is 5.26 Å². The molecule has 108 valence electrons. The molecule has 0 saturated carbocycles. The molecular weight excluding hydrogens is 250 g/mol. The van der Waals surface area contributed by atoms with E-state index in [4.69, 9.17) is 5.26 Å². The number of nitrogens with zero attached hydrogens (tertiary/aromatic N) is 3. The van der Waals surface area contributed by atoms with E-state index in [1.54, 1.807) is 0 Å². The second-order valence-electron chi connectivity index (χ2n) is 5.70. The number of hydrogen-bond donors (Lipinski definition) is 1. The Bertz CT molecular complexity index is 481. The van der Waals surface area contributed by atoms with Crippen LogP contribution in [-0.4, -0.2) is 53.2 Å². The molecule has 1 aliphatic rings. The molecule has 0 unspecified atom stereocenters. The van der Waals surface area contributed by atoms with Crippen molar-refractivity contribution in [3.05, 3.63) is 35.4 Å². The van der Waals surface area contributed by atoms with Gasteiger partial charge in [0.2, 0.25) is 0 Å². The molecule has 1 heterocycles. The monoisotopic (exact) mass is 273 g/mol. The van der Waals surface area contributed by atoms with Crippen LogP contribution < -0.4 is 0 Å². The fourth-order valence-electron chi connectivity index (χ4n) is 2.83. The van der Waals surface area contributed by atoms with Crippen molar-refractivity contribution in [2.75, 3.05) is 26.2 Å². The van der Waals surface area contributed by atoms with Gasteiger partial charge >= 0.3 is 0 Å². The van der Waals surface area contributed by atoms with Crippen LogP contribution in [0.4, 0.5) is 0 Å². The zero-order valence-corrected chi connectivity index (χ0v) is 12.3. The highest BCUT2D eigenvalue weighted by atomic mass is 16.3. The molecule has 1 aromatic rings. The van der Waals surface area contributed by atoms with Crippen LogP contribution in [-0.2, 0) is 6.54 Å². The van der Waals surface area contributed by atoms with E-state index in [-0.39, 0.29) is 6.10 Å². The molecule has 1 aromatic carbocycles. The van der Waals surface area contributed by atoms with E-state index in [0.717, 1.165) is 43.9 Å². The number of β-amino-alcohol motifs (C(OH)–C–C–N with tert-alkyl or cyclic N) is 1. The van der Waals surface area contributed by atoms with Gasteiger partial charge in [-0.1, -0.05) is 18.2 Å². The molecule has 2 rings (SSSR count). The van der Waals surface area contributed by atoms with Crippen LogP contribution in [0.1, 0.15) is 25.0 Å². The van der Waals surface area contributed by atoms with Gasteiger partial charge in [0, 0.05) is 38.8 Å². The van der Waals surface area contributed by atoms with Crippen molar-refractivity contribution in [3.63, 3.8) is 0 Å². The van der Waals surface area contributed by atoms with Crippen molar-refractivity contribution < 1.29 is 5.11 Å². The largest absolute Gasteiger partial charge is 0.392 e. The van der Waals surface area contributed by atoms with Gasteiger partial charge in [0.25, 0.3) is 0 Å². The third kappa shape index (κ3) is 3.80. The highest BCUT2D eigenvalue weighted by Crippen LogP contribution is 2.15. The summed E-state index contributed by atoms with van der Waals surface area (Å²) < 4.78 is 0. The van der Waals surface area contributed by atoms with Crippen molar-refractivity contribution in [2.45, 2.75) is 32.5 Å². The summed E-state index contributed by atoms with van der Waals surface area (Å²) in [7, 11) is 0. The lowest BCUT2D eigenvalue weighted by Gasteiger charge is -2.40. The van der Waals surface area contributed by atoms with Crippen LogP contribution in [0.15, 0.2) is 24.3 Å². The maximum atomic E-state index is 9.50. The summed E-state index contributed by atoms with van der Waals surface area (Å²) in [5.41, 5.74) is 1.87. The minimum absolute atomic E-state index is 0.275. The summed E-state index contributed by atoms with van der Waals surface area (Å²) in [6.07, 6.45) is -0.275. The van der Waals surface area contributed by atoms with Gasteiger partial charge in [-0.15, -0.1) is 0 Å². The Morgan fingerprint density at radius 2 is 2.15 bits per heavy atom. The molecule has 0 radical (unpaired) electrons. The van der Waals surface area contributed by atoms with Gasteiger partial charge < -0.3 is 5.11 Å². The molecule has 0 spiro atoms. The SMILES string of the molecule is C[C@@H](O)CN1CCN(Cc2ccccc2C#N)C[C@@H]1C. The molecule has 0 amide bonds. The summed E-state index contributed by atoms with van der Waals surface area (Å²) in [6.45, 7) is 8.54. The van der Waals surface area contributed by atoms with Crippen molar-refractivity contribution in [3.8, 4) is 6.07 Å². The standard InChI is InChI=1S/C16H23N3O/c1-13-10-18(7-8-19(13)11-14(2)20)12-16-6-4-3-5-15(16)9-17/h3-6,13-14,20H,7-8,10-12H2,1-2H3/t13-,14+/m0/s1. The molecule has 4 nitrogen and oxygen atoms in total. The summed E-state index contributed by atoms with van der Waals surface area (Å²) in [4.78, 5) is 4.72. The van der Waals surface area contributed by atoms with Gasteiger partial charge in [-0.2, -0.15) is 5.26 Å². The first-order chi connectivity index (χ1) is 9.60. The average molecular weight is 273 g/mol. The zero-order valence-electron chi connectivity index (χ0n) is 12.3. The van der Waals surface area contributed by atoms with Crippen LogP contribution in [0, 0.1) is 11.3 Å². The predicted molar refractivity (Wildman–Crippen MR) is 79.1 cm³/mol.